The predicted molar refractivity (Wildman–Crippen MR) is 76.5 cm³/mol. The third-order valence-corrected chi connectivity index (χ3v) is 3.57. The first-order valence-electron chi connectivity index (χ1n) is 6.54. The maximum Gasteiger partial charge on any atom is 0.321 e. The fourth-order valence-corrected chi connectivity index (χ4v) is 2.51. The van der Waals surface area contributed by atoms with Gasteiger partial charge in [0.2, 0.25) is 0 Å². The van der Waals surface area contributed by atoms with Gasteiger partial charge >= 0.3 is 6.03 Å². The molecule has 2 N–H and O–H groups in total. The van der Waals surface area contributed by atoms with Crippen LogP contribution >= 0.6 is 0 Å². The van der Waals surface area contributed by atoms with E-state index in [1.165, 1.54) is 0 Å². The van der Waals surface area contributed by atoms with E-state index in [0.29, 0.717) is 6.54 Å². The van der Waals surface area contributed by atoms with Gasteiger partial charge in [-0.25, -0.2) is 4.79 Å². The Morgan fingerprint density at radius 3 is 2.95 bits per heavy atom. The molecule has 0 spiro atoms. The minimum Gasteiger partial charge on any atom is -0.467 e. The Hall–Kier alpha value is -2.27. The van der Waals surface area contributed by atoms with Crippen molar-refractivity contribution in [2.24, 2.45) is 0 Å². The second kappa shape index (κ2) is 5.02. The largest absolute Gasteiger partial charge is 0.467 e. The van der Waals surface area contributed by atoms with Crippen molar-refractivity contribution in [1.82, 2.24) is 10.2 Å². The average molecular weight is 271 g/mol. The van der Waals surface area contributed by atoms with Crippen molar-refractivity contribution in [1.29, 1.82) is 0 Å². The third-order valence-electron chi connectivity index (χ3n) is 3.57. The molecule has 104 valence electrons. The molecule has 5 nitrogen and oxygen atoms in total. The Bertz CT molecular complexity index is 622. The molecule has 2 amide bonds. The van der Waals surface area contributed by atoms with Gasteiger partial charge in [-0.1, -0.05) is 6.07 Å². The minimum absolute atomic E-state index is 0.0123. The number of nitrogens with one attached hydrogen (secondary N) is 2. The van der Waals surface area contributed by atoms with Gasteiger partial charge in [0.25, 0.3) is 0 Å². The van der Waals surface area contributed by atoms with Crippen LogP contribution in [-0.4, -0.2) is 25.0 Å². The standard InChI is InChI=1S/C15H17N3O2/c1-16-14(13-4-3-7-20-13)10-5-6-12-11(8-10)9-18(2)15(19)17-12/h3-8,14,16H,9H2,1-2H3,(H,17,19). The Kier molecular flexibility index (Phi) is 3.20. The van der Waals surface area contributed by atoms with Crippen molar-refractivity contribution >= 4 is 11.7 Å². The molecule has 5 heteroatoms. The number of rotatable bonds is 3. The number of amides is 2. The second-order valence-electron chi connectivity index (χ2n) is 4.94. The fourth-order valence-electron chi connectivity index (χ4n) is 2.51. The van der Waals surface area contributed by atoms with Crippen LogP contribution in [0.2, 0.25) is 0 Å². The molecule has 0 bridgehead atoms. The quantitative estimate of drug-likeness (QED) is 0.902. The van der Waals surface area contributed by atoms with Crippen LogP contribution in [0.5, 0.6) is 0 Å². The Morgan fingerprint density at radius 2 is 2.25 bits per heavy atom. The van der Waals surface area contributed by atoms with Gasteiger partial charge < -0.3 is 20.0 Å². The van der Waals surface area contributed by atoms with Gasteiger partial charge in [0, 0.05) is 19.3 Å². The lowest BCUT2D eigenvalue weighted by Crippen LogP contribution is -2.35. The van der Waals surface area contributed by atoms with Gasteiger partial charge in [-0.05, 0) is 42.4 Å². The number of hydrogen-bond donors (Lipinski definition) is 2. The molecule has 2 aromatic rings. The first-order chi connectivity index (χ1) is 9.69. The van der Waals surface area contributed by atoms with E-state index in [9.17, 15) is 4.79 Å². The van der Waals surface area contributed by atoms with Crippen molar-refractivity contribution in [2.45, 2.75) is 12.6 Å². The molecule has 0 aliphatic carbocycles. The smallest absolute Gasteiger partial charge is 0.321 e. The van der Waals surface area contributed by atoms with E-state index in [4.69, 9.17) is 4.42 Å². The van der Waals surface area contributed by atoms with Gasteiger partial charge in [0.15, 0.2) is 0 Å². The van der Waals surface area contributed by atoms with Crippen LogP contribution in [0.25, 0.3) is 0 Å². The van der Waals surface area contributed by atoms with Crippen molar-refractivity contribution < 1.29 is 9.21 Å². The number of fused-ring (bicyclic) bond motifs is 1. The number of nitrogens with zero attached hydrogens (tertiary/aromatic N) is 1. The van der Waals surface area contributed by atoms with Gasteiger partial charge in [-0.2, -0.15) is 0 Å². The molecular formula is C15H17N3O2. The summed E-state index contributed by atoms with van der Waals surface area (Å²) in [4.78, 5) is 13.3. The van der Waals surface area contributed by atoms with E-state index < -0.39 is 0 Å². The summed E-state index contributed by atoms with van der Waals surface area (Å²) >= 11 is 0. The Balaban J connectivity index is 1.96. The zero-order valence-corrected chi connectivity index (χ0v) is 11.5. The van der Waals surface area contributed by atoms with Crippen LogP contribution in [0.15, 0.2) is 41.0 Å². The number of anilines is 1. The number of carbonyl (C=O) groups excluding carboxylic acids is 1. The lowest BCUT2D eigenvalue weighted by molar-refractivity contribution is 0.218. The molecule has 1 atom stereocenters. The normalized spacial score (nSPS) is 15.7. The Morgan fingerprint density at radius 1 is 1.40 bits per heavy atom. The summed E-state index contributed by atoms with van der Waals surface area (Å²) in [5.41, 5.74) is 3.10. The van der Waals surface area contributed by atoms with Crippen LogP contribution in [0, 0.1) is 0 Å². The summed E-state index contributed by atoms with van der Waals surface area (Å²) in [6, 6.07) is 9.84. The summed E-state index contributed by atoms with van der Waals surface area (Å²) in [5, 5.41) is 6.12. The van der Waals surface area contributed by atoms with Crippen LogP contribution in [0.3, 0.4) is 0 Å². The van der Waals surface area contributed by atoms with Gasteiger partial charge in [-0.15, -0.1) is 0 Å². The topological polar surface area (TPSA) is 57.5 Å². The lowest BCUT2D eigenvalue weighted by atomic mass is 9.99. The van der Waals surface area contributed by atoms with Crippen molar-refractivity contribution in [3.05, 3.63) is 53.5 Å². The number of benzene rings is 1. The highest BCUT2D eigenvalue weighted by molar-refractivity contribution is 5.92. The first kappa shape index (κ1) is 12.7. The molecule has 2 heterocycles. The van der Waals surface area contributed by atoms with Gasteiger partial charge in [0.05, 0.1) is 12.3 Å². The molecule has 0 saturated carbocycles. The molecule has 0 saturated heterocycles. The highest BCUT2D eigenvalue weighted by atomic mass is 16.3. The summed E-state index contributed by atoms with van der Waals surface area (Å²) in [6.45, 7) is 0.615. The fraction of sp³-hybridized carbons (Fsp3) is 0.267. The van der Waals surface area contributed by atoms with Crippen LogP contribution in [-0.2, 0) is 6.54 Å². The van der Waals surface area contributed by atoms with Gasteiger partial charge in [0.1, 0.15) is 5.76 Å². The zero-order chi connectivity index (χ0) is 14.1. The maximum absolute atomic E-state index is 11.6. The predicted octanol–water partition coefficient (Wildman–Crippen LogP) is 2.57. The maximum atomic E-state index is 11.6. The molecule has 0 radical (unpaired) electrons. The van der Waals surface area contributed by atoms with Gasteiger partial charge in [-0.3, -0.25) is 0 Å². The lowest BCUT2D eigenvalue weighted by Gasteiger charge is -2.27. The number of hydrogen-bond acceptors (Lipinski definition) is 3. The molecule has 1 aliphatic rings. The minimum atomic E-state index is -0.0681. The number of urea groups is 1. The molecule has 1 aromatic heterocycles. The van der Waals surface area contributed by atoms with Crippen molar-refractivity contribution in [3.8, 4) is 0 Å². The van der Waals surface area contributed by atoms with E-state index in [-0.39, 0.29) is 12.1 Å². The van der Waals surface area contributed by atoms with E-state index in [0.717, 1.165) is 22.6 Å². The number of furan rings is 1. The first-order valence-corrected chi connectivity index (χ1v) is 6.54. The molecule has 0 fully saturated rings. The highest BCUT2D eigenvalue weighted by Gasteiger charge is 2.21. The molecular weight excluding hydrogens is 254 g/mol. The SMILES string of the molecule is CNC(c1ccc2c(c1)CN(C)C(=O)N2)c1ccco1. The molecule has 1 aliphatic heterocycles. The van der Waals surface area contributed by atoms with Crippen LogP contribution < -0.4 is 10.6 Å². The van der Waals surface area contributed by atoms with Crippen LogP contribution in [0.4, 0.5) is 10.5 Å². The summed E-state index contributed by atoms with van der Waals surface area (Å²) in [6.07, 6.45) is 1.67. The van der Waals surface area contributed by atoms with E-state index >= 15 is 0 Å². The average Bonchev–Trinajstić information content (AvgIpc) is 2.95. The molecule has 20 heavy (non-hydrogen) atoms. The van der Waals surface area contributed by atoms with Crippen molar-refractivity contribution in [2.75, 3.05) is 19.4 Å². The summed E-state index contributed by atoms with van der Waals surface area (Å²) in [7, 11) is 3.69. The van der Waals surface area contributed by atoms with E-state index in [1.54, 1.807) is 18.2 Å². The monoisotopic (exact) mass is 271 g/mol. The number of carbonyl (C=O) groups is 1. The Labute approximate surface area is 117 Å². The van der Waals surface area contributed by atoms with E-state index in [1.807, 2.05) is 31.3 Å². The molecule has 3 rings (SSSR count). The third kappa shape index (κ3) is 2.16. The summed E-state index contributed by atoms with van der Waals surface area (Å²) < 4.78 is 5.48. The van der Waals surface area contributed by atoms with Crippen LogP contribution in [0.1, 0.15) is 22.9 Å². The molecule has 1 unspecified atom stereocenters. The van der Waals surface area contributed by atoms with E-state index in [2.05, 4.69) is 16.7 Å². The summed E-state index contributed by atoms with van der Waals surface area (Å²) in [5.74, 6) is 0.876. The second-order valence-corrected chi connectivity index (χ2v) is 4.94. The molecule has 1 aromatic carbocycles. The van der Waals surface area contributed by atoms with Crippen molar-refractivity contribution in [3.63, 3.8) is 0 Å². The zero-order valence-electron chi connectivity index (χ0n) is 11.5. The highest BCUT2D eigenvalue weighted by Crippen LogP contribution is 2.29.